The van der Waals surface area contributed by atoms with Gasteiger partial charge in [0.1, 0.15) is 16.7 Å². The zero-order valence-corrected chi connectivity index (χ0v) is 18.6. The molecule has 0 aromatic heterocycles. The number of benzene rings is 3. The van der Waals surface area contributed by atoms with Crippen LogP contribution in [0.1, 0.15) is 11.6 Å². The van der Waals surface area contributed by atoms with Gasteiger partial charge in [-0.15, -0.1) is 0 Å². The monoisotopic (exact) mass is 479 g/mol. The van der Waals surface area contributed by atoms with Crippen molar-refractivity contribution in [2.75, 3.05) is 17.1 Å². The molecule has 2 heterocycles. The third-order valence-corrected chi connectivity index (χ3v) is 6.27. The summed E-state index contributed by atoms with van der Waals surface area (Å²) in [5, 5.41) is 13.0. The van der Waals surface area contributed by atoms with Crippen molar-refractivity contribution < 1.29 is 24.1 Å². The van der Waals surface area contributed by atoms with Crippen LogP contribution < -0.4 is 14.7 Å². The van der Waals surface area contributed by atoms with Crippen LogP contribution in [0.5, 0.6) is 5.75 Å². The first-order valence-electron chi connectivity index (χ1n) is 10.4. The normalized spacial score (nSPS) is 21.6. The fourth-order valence-electron chi connectivity index (χ4n) is 4.41. The Morgan fingerprint density at radius 1 is 0.971 bits per heavy atom. The second kappa shape index (κ2) is 8.44. The zero-order valence-electron chi connectivity index (χ0n) is 17.8. The minimum absolute atomic E-state index is 0.0256. The van der Waals surface area contributed by atoms with Crippen molar-refractivity contribution in [3.63, 3.8) is 0 Å². The van der Waals surface area contributed by atoms with Crippen molar-refractivity contribution in [1.29, 1.82) is 0 Å². The molecule has 0 bridgehead atoms. The Morgan fingerprint density at radius 2 is 1.71 bits per heavy atom. The average molecular weight is 480 g/mol. The third kappa shape index (κ3) is 3.46. The van der Waals surface area contributed by atoms with Crippen LogP contribution in [0.2, 0.25) is 5.02 Å². The molecule has 10 heteroatoms. The SMILES string of the molecule is COc1cccc(N2C(=O)[C@H]3[C@@H](ON(c4ccccc4)[C@H]3c3ccc(Cl)c([N+](=O)[O-])c3)C2=O)c1. The fourth-order valence-corrected chi connectivity index (χ4v) is 4.60. The van der Waals surface area contributed by atoms with Gasteiger partial charge < -0.3 is 4.74 Å². The van der Waals surface area contributed by atoms with Gasteiger partial charge in [-0.3, -0.25) is 24.5 Å². The van der Waals surface area contributed by atoms with E-state index in [0.29, 0.717) is 22.7 Å². The molecule has 0 aliphatic carbocycles. The lowest BCUT2D eigenvalue weighted by Crippen LogP contribution is -2.37. The van der Waals surface area contributed by atoms with Crippen molar-refractivity contribution in [1.82, 2.24) is 0 Å². The second-order valence-corrected chi connectivity index (χ2v) is 8.25. The molecule has 2 amide bonds. The van der Waals surface area contributed by atoms with Crippen molar-refractivity contribution in [2.45, 2.75) is 12.1 Å². The topological polar surface area (TPSA) is 102 Å². The highest BCUT2D eigenvalue weighted by atomic mass is 35.5. The van der Waals surface area contributed by atoms with E-state index in [4.69, 9.17) is 21.2 Å². The van der Waals surface area contributed by atoms with Crippen LogP contribution in [0, 0.1) is 16.0 Å². The lowest BCUT2D eigenvalue weighted by atomic mass is 9.90. The molecular weight excluding hydrogens is 462 g/mol. The zero-order chi connectivity index (χ0) is 24.0. The molecule has 5 rings (SSSR count). The number of fused-ring (bicyclic) bond motifs is 1. The molecular formula is C24H18ClN3O6. The molecule has 3 aromatic rings. The van der Waals surface area contributed by atoms with Crippen LogP contribution in [-0.4, -0.2) is 30.0 Å². The smallest absolute Gasteiger partial charge is 0.288 e. The lowest BCUT2D eigenvalue weighted by molar-refractivity contribution is -0.384. The van der Waals surface area contributed by atoms with Gasteiger partial charge in [-0.05, 0) is 35.9 Å². The number of halogens is 1. The van der Waals surface area contributed by atoms with Crippen LogP contribution in [0.15, 0.2) is 72.8 Å². The van der Waals surface area contributed by atoms with Crippen molar-refractivity contribution in [2.24, 2.45) is 5.92 Å². The summed E-state index contributed by atoms with van der Waals surface area (Å²) in [5.41, 5.74) is 1.10. The van der Waals surface area contributed by atoms with Gasteiger partial charge in [0.05, 0.1) is 29.4 Å². The number of hydrogen-bond donors (Lipinski definition) is 0. The van der Waals surface area contributed by atoms with Gasteiger partial charge in [-0.25, -0.2) is 9.96 Å². The summed E-state index contributed by atoms with van der Waals surface area (Å²) < 4.78 is 5.23. The molecule has 172 valence electrons. The summed E-state index contributed by atoms with van der Waals surface area (Å²) >= 11 is 6.02. The Labute approximate surface area is 199 Å². The number of para-hydroxylation sites is 1. The summed E-state index contributed by atoms with van der Waals surface area (Å²) in [7, 11) is 1.49. The van der Waals surface area contributed by atoms with E-state index < -0.39 is 34.8 Å². The minimum atomic E-state index is -1.10. The number of nitro groups is 1. The standard InChI is InChI=1S/C24H18ClN3O6/c1-33-17-9-5-8-16(13-17)26-23(29)20-21(14-10-11-18(25)19(12-14)28(31)32)27(34-22(20)24(26)30)15-6-3-2-4-7-15/h2-13,20-22H,1H3/t20-,21+,22-/m1/s1. The van der Waals surface area contributed by atoms with Gasteiger partial charge in [0.25, 0.3) is 11.6 Å². The van der Waals surface area contributed by atoms with Gasteiger partial charge in [-0.1, -0.05) is 41.9 Å². The molecule has 0 spiro atoms. The predicted octanol–water partition coefficient (Wildman–Crippen LogP) is 4.31. The van der Waals surface area contributed by atoms with Gasteiger partial charge in [0.2, 0.25) is 5.91 Å². The number of anilines is 2. The molecule has 9 nitrogen and oxygen atoms in total. The number of ether oxygens (including phenoxy) is 1. The van der Waals surface area contributed by atoms with E-state index >= 15 is 0 Å². The first kappa shape index (κ1) is 21.9. The first-order chi connectivity index (χ1) is 16.4. The van der Waals surface area contributed by atoms with Crippen LogP contribution in [0.25, 0.3) is 0 Å². The van der Waals surface area contributed by atoms with Crippen LogP contribution in [0.3, 0.4) is 0 Å². The van der Waals surface area contributed by atoms with Crippen molar-refractivity contribution >= 4 is 40.5 Å². The Kier molecular flexibility index (Phi) is 5.43. The molecule has 3 atom stereocenters. The van der Waals surface area contributed by atoms with E-state index in [2.05, 4.69) is 0 Å². The van der Waals surface area contributed by atoms with Crippen LogP contribution >= 0.6 is 11.6 Å². The summed E-state index contributed by atoms with van der Waals surface area (Å²) in [5.74, 6) is -1.43. The van der Waals surface area contributed by atoms with Crippen LogP contribution in [0.4, 0.5) is 17.1 Å². The number of imide groups is 1. The Morgan fingerprint density at radius 3 is 2.41 bits per heavy atom. The van der Waals surface area contributed by atoms with Gasteiger partial charge in [-0.2, -0.15) is 0 Å². The highest BCUT2D eigenvalue weighted by Crippen LogP contribution is 2.48. The van der Waals surface area contributed by atoms with E-state index in [-0.39, 0.29) is 10.7 Å². The highest BCUT2D eigenvalue weighted by Gasteiger charge is 2.60. The van der Waals surface area contributed by atoms with Crippen molar-refractivity contribution in [3.8, 4) is 5.75 Å². The molecule has 2 aliphatic heterocycles. The predicted molar refractivity (Wildman–Crippen MR) is 124 cm³/mol. The van der Waals surface area contributed by atoms with Crippen LogP contribution in [-0.2, 0) is 14.4 Å². The van der Waals surface area contributed by atoms with E-state index in [1.54, 1.807) is 54.6 Å². The maximum Gasteiger partial charge on any atom is 0.288 e. The number of nitrogens with zero attached hydrogens (tertiary/aromatic N) is 3. The van der Waals surface area contributed by atoms with Gasteiger partial charge in [0, 0.05) is 12.1 Å². The number of hydrogen-bond acceptors (Lipinski definition) is 7. The Hall–Kier alpha value is -3.95. The molecule has 3 aromatic carbocycles. The number of carbonyl (C=O) groups excluding carboxylic acids is 2. The third-order valence-electron chi connectivity index (χ3n) is 5.95. The number of nitro benzene ring substituents is 1. The highest BCUT2D eigenvalue weighted by molar-refractivity contribution is 6.32. The second-order valence-electron chi connectivity index (χ2n) is 7.84. The molecule has 0 radical (unpaired) electrons. The maximum absolute atomic E-state index is 13.6. The van der Waals surface area contributed by atoms with E-state index in [9.17, 15) is 19.7 Å². The maximum atomic E-state index is 13.6. The summed E-state index contributed by atoms with van der Waals surface area (Å²) in [6.07, 6.45) is -1.10. The van der Waals surface area contributed by atoms with E-state index in [1.165, 1.54) is 24.3 Å². The lowest BCUT2D eigenvalue weighted by Gasteiger charge is -2.28. The minimum Gasteiger partial charge on any atom is -0.497 e. The Bertz CT molecular complexity index is 1300. The molecule has 0 unspecified atom stereocenters. The van der Waals surface area contributed by atoms with Gasteiger partial charge >= 0.3 is 0 Å². The molecule has 2 saturated heterocycles. The van der Waals surface area contributed by atoms with Crippen molar-refractivity contribution in [3.05, 3.63) is 93.5 Å². The van der Waals surface area contributed by atoms with E-state index in [0.717, 1.165) is 4.90 Å². The number of hydroxylamine groups is 1. The molecule has 0 N–H and O–H groups in total. The average Bonchev–Trinajstić information content (AvgIpc) is 3.35. The van der Waals surface area contributed by atoms with Gasteiger partial charge in [0.15, 0.2) is 6.10 Å². The fraction of sp³-hybridized carbons (Fsp3) is 0.167. The number of carbonyl (C=O) groups is 2. The summed E-state index contributed by atoms with van der Waals surface area (Å²) in [6, 6.07) is 19.1. The number of rotatable bonds is 5. The Balaban J connectivity index is 1.61. The summed E-state index contributed by atoms with van der Waals surface area (Å²) in [4.78, 5) is 45.1. The largest absolute Gasteiger partial charge is 0.497 e. The first-order valence-corrected chi connectivity index (χ1v) is 10.8. The molecule has 2 fully saturated rings. The quantitative estimate of drug-likeness (QED) is 0.305. The number of methoxy groups -OCH3 is 1. The molecule has 0 saturated carbocycles. The molecule has 34 heavy (non-hydrogen) atoms. The van der Waals surface area contributed by atoms with E-state index in [1.807, 2.05) is 6.07 Å². The number of amides is 2. The molecule has 2 aliphatic rings. The summed E-state index contributed by atoms with van der Waals surface area (Å²) in [6.45, 7) is 0.